The molecule has 2 aromatic rings. The number of thiophene rings is 1. The molecule has 2 N–H and O–H groups in total. The number of aromatic nitrogens is 1. The second kappa shape index (κ2) is 8.49. The molecular formula is C21H28N2O2S. The molecule has 5 heteroatoms. The van der Waals surface area contributed by atoms with Gasteiger partial charge in [-0.1, -0.05) is 19.9 Å². The van der Waals surface area contributed by atoms with E-state index in [2.05, 4.69) is 30.2 Å². The molecule has 0 radical (unpaired) electrons. The van der Waals surface area contributed by atoms with Crippen molar-refractivity contribution < 1.29 is 4.79 Å². The minimum Gasteiger partial charge on any atom is -0.348 e. The van der Waals surface area contributed by atoms with Crippen LogP contribution < -0.4 is 10.9 Å². The largest absolute Gasteiger partial charge is 0.348 e. The van der Waals surface area contributed by atoms with Crippen molar-refractivity contribution in [2.45, 2.75) is 54.5 Å². The highest BCUT2D eigenvalue weighted by atomic mass is 32.1. The van der Waals surface area contributed by atoms with Crippen molar-refractivity contribution >= 4 is 22.8 Å². The number of carbonyl (C=O) groups excluding carboxylic acids is 1. The molecule has 2 rings (SSSR count). The number of amides is 1. The van der Waals surface area contributed by atoms with Crippen LogP contribution in [0.5, 0.6) is 0 Å². The number of H-pyrrole nitrogens is 1. The number of rotatable bonds is 6. The van der Waals surface area contributed by atoms with Crippen LogP contribution in [-0.2, 0) is 6.54 Å². The van der Waals surface area contributed by atoms with Crippen LogP contribution in [0.2, 0.25) is 0 Å². The van der Waals surface area contributed by atoms with Gasteiger partial charge in [0.2, 0.25) is 0 Å². The number of aromatic amines is 1. The first-order valence-corrected chi connectivity index (χ1v) is 9.90. The van der Waals surface area contributed by atoms with E-state index in [1.54, 1.807) is 11.3 Å². The Balaban J connectivity index is 2.21. The molecule has 1 amide bonds. The molecule has 0 spiro atoms. The standard InChI is InChI=1S/C21H28N2O2S/c1-7-12(3)16(8-2)19-15(6)18(11-26-19)20(24)22-10-17-13(4)9-14(5)23-21(17)25/h8-9,11-12H,7,10H2,1-6H3,(H,22,24)(H,23,25)/b16-8+. The molecule has 0 saturated heterocycles. The first kappa shape index (κ1) is 20.2. The van der Waals surface area contributed by atoms with E-state index >= 15 is 0 Å². The Morgan fingerprint density at radius 1 is 1.35 bits per heavy atom. The summed E-state index contributed by atoms with van der Waals surface area (Å²) in [7, 11) is 0. The van der Waals surface area contributed by atoms with Gasteiger partial charge in [-0.25, -0.2) is 0 Å². The lowest BCUT2D eigenvalue weighted by atomic mass is 9.94. The molecule has 0 saturated carbocycles. The zero-order valence-electron chi connectivity index (χ0n) is 16.4. The van der Waals surface area contributed by atoms with Gasteiger partial charge in [-0.3, -0.25) is 9.59 Å². The summed E-state index contributed by atoms with van der Waals surface area (Å²) < 4.78 is 0. The number of allylic oxidation sites excluding steroid dienone is 2. The van der Waals surface area contributed by atoms with Gasteiger partial charge in [0.25, 0.3) is 11.5 Å². The molecule has 2 heterocycles. The highest BCUT2D eigenvalue weighted by Crippen LogP contribution is 2.34. The number of carbonyl (C=O) groups is 1. The lowest BCUT2D eigenvalue weighted by Crippen LogP contribution is -2.28. The quantitative estimate of drug-likeness (QED) is 0.769. The van der Waals surface area contributed by atoms with Gasteiger partial charge in [-0.05, 0) is 62.8 Å². The fourth-order valence-corrected chi connectivity index (χ4v) is 4.41. The Bertz CT molecular complexity index is 890. The third-order valence-corrected chi connectivity index (χ3v) is 6.05. The zero-order valence-corrected chi connectivity index (χ0v) is 17.3. The van der Waals surface area contributed by atoms with Gasteiger partial charge in [0.05, 0.1) is 5.56 Å². The van der Waals surface area contributed by atoms with Gasteiger partial charge in [-0.2, -0.15) is 0 Å². The van der Waals surface area contributed by atoms with Crippen LogP contribution in [0.3, 0.4) is 0 Å². The summed E-state index contributed by atoms with van der Waals surface area (Å²) in [4.78, 5) is 28.7. The third kappa shape index (κ3) is 4.15. The Morgan fingerprint density at radius 2 is 2.04 bits per heavy atom. The normalized spacial score (nSPS) is 12.9. The minimum absolute atomic E-state index is 0.135. The van der Waals surface area contributed by atoms with E-state index in [1.807, 2.05) is 39.1 Å². The van der Waals surface area contributed by atoms with Crippen molar-refractivity contribution in [3.8, 4) is 0 Å². The van der Waals surface area contributed by atoms with E-state index in [1.165, 1.54) is 10.5 Å². The maximum atomic E-state index is 12.7. The van der Waals surface area contributed by atoms with Gasteiger partial charge < -0.3 is 10.3 Å². The van der Waals surface area contributed by atoms with Gasteiger partial charge in [0.15, 0.2) is 0 Å². The molecule has 2 aromatic heterocycles. The van der Waals surface area contributed by atoms with Crippen molar-refractivity contribution in [1.82, 2.24) is 10.3 Å². The minimum atomic E-state index is -0.140. The molecule has 0 bridgehead atoms. The first-order chi connectivity index (χ1) is 12.3. The molecule has 140 valence electrons. The van der Waals surface area contributed by atoms with Crippen LogP contribution in [0.4, 0.5) is 0 Å². The lowest BCUT2D eigenvalue weighted by molar-refractivity contribution is 0.0950. The molecule has 1 atom stereocenters. The third-order valence-electron chi connectivity index (χ3n) is 4.92. The summed E-state index contributed by atoms with van der Waals surface area (Å²) in [5, 5.41) is 4.81. The van der Waals surface area contributed by atoms with E-state index in [0.29, 0.717) is 17.0 Å². The van der Waals surface area contributed by atoms with E-state index in [9.17, 15) is 9.59 Å². The number of hydrogen-bond donors (Lipinski definition) is 2. The van der Waals surface area contributed by atoms with Crippen LogP contribution in [-0.4, -0.2) is 10.9 Å². The Kier molecular flexibility index (Phi) is 6.59. The topological polar surface area (TPSA) is 62.0 Å². The van der Waals surface area contributed by atoms with Crippen molar-refractivity contribution in [1.29, 1.82) is 0 Å². The predicted molar refractivity (Wildman–Crippen MR) is 110 cm³/mol. The highest BCUT2D eigenvalue weighted by molar-refractivity contribution is 7.11. The van der Waals surface area contributed by atoms with E-state index in [4.69, 9.17) is 0 Å². The molecule has 4 nitrogen and oxygen atoms in total. The molecular weight excluding hydrogens is 344 g/mol. The average molecular weight is 373 g/mol. The summed E-state index contributed by atoms with van der Waals surface area (Å²) in [6.45, 7) is 12.4. The Hall–Kier alpha value is -2.14. The fraction of sp³-hybridized carbons (Fsp3) is 0.429. The van der Waals surface area contributed by atoms with Crippen LogP contribution in [0, 0.1) is 26.7 Å². The molecule has 0 aliphatic carbocycles. The van der Waals surface area contributed by atoms with Crippen LogP contribution in [0.15, 0.2) is 22.3 Å². The van der Waals surface area contributed by atoms with Crippen LogP contribution in [0.1, 0.15) is 64.8 Å². The van der Waals surface area contributed by atoms with Crippen LogP contribution in [0.25, 0.3) is 5.57 Å². The van der Waals surface area contributed by atoms with Crippen molar-refractivity contribution in [3.63, 3.8) is 0 Å². The van der Waals surface area contributed by atoms with Crippen molar-refractivity contribution in [2.24, 2.45) is 5.92 Å². The second-order valence-electron chi connectivity index (χ2n) is 6.78. The van der Waals surface area contributed by atoms with E-state index in [-0.39, 0.29) is 18.0 Å². The zero-order chi connectivity index (χ0) is 19.4. The second-order valence-corrected chi connectivity index (χ2v) is 7.66. The average Bonchev–Trinajstić information content (AvgIpc) is 2.95. The van der Waals surface area contributed by atoms with Gasteiger partial charge in [0.1, 0.15) is 0 Å². The fourth-order valence-electron chi connectivity index (χ4n) is 3.15. The number of aryl methyl sites for hydroxylation is 2. The van der Waals surface area contributed by atoms with Gasteiger partial charge in [-0.15, -0.1) is 11.3 Å². The molecule has 26 heavy (non-hydrogen) atoms. The highest BCUT2D eigenvalue weighted by Gasteiger charge is 2.19. The summed E-state index contributed by atoms with van der Waals surface area (Å²) in [6.07, 6.45) is 3.21. The predicted octanol–water partition coefficient (Wildman–Crippen LogP) is 4.74. The number of hydrogen-bond acceptors (Lipinski definition) is 3. The van der Waals surface area contributed by atoms with E-state index < -0.39 is 0 Å². The summed E-state index contributed by atoms with van der Waals surface area (Å²) in [5.41, 5.74) is 5.17. The smallest absolute Gasteiger partial charge is 0.253 e. The molecule has 0 aliphatic rings. The summed E-state index contributed by atoms with van der Waals surface area (Å²) in [6, 6.07) is 1.92. The SMILES string of the molecule is C/C=C(/c1scc(C(=O)NCc2c(C)cc(C)[nH]c2=O)c1C)C(C)CC. The summed E-state index contributed by atoms with van der Waals surface area (Å²) >= 11 is 1.61. The summed E-state index contributed by atoms with van der Waals surface area (Å²) in [5.74, 6) is 0.325. The monoisotopic (exact) mass is 372 g/mol. The molecule has 0 fully saturated rings. The van der Waals surface area contributed by atoms with Crippen molar-refractivity contribution in [3.05, 3.63) is 60.7 Å². The maximum Gasteiger partial charge on any atom is 0.253 e. The number of nitrogens with one attached hydrogen (secondary N) is 2. The Labute approximate surface area is 159 Å². The van der Waals surface area contributed by atoms with Gasteiger partial charge >= 0.3 is 0 Å². The molecule has 1 unspecified atom stereocenters. The maximum absolute atomic E-state index is 12.7. The van der Waals surface area contributed by atoms with E-state index in [0.717, 1.165) is 23.2 Å². The molecule has 0 aromatic carbocycles. The van der Waals surface area contributed by atoms with Crippen molar-refractivity contribution in [2.75, 3.05) is 0 Å². The Morgan fingerprint density at radius 3 is 2.62 bits per heavy atom. The molecule has 0 aliphatic heterocycles. The van der Waals surface area contributed by atoms with Crippen LogP contribution >= 0.6 is 11.3 Å². The first-order valence-electron chi connectivity index (χ1n) is 9.02. The van der Waals surface area contributed by atoms with Gasteiger partial charge in [0, 0.05) is 28.1 Å². The number of pyridine rings is 1. The lowest BCUT2D eigenvalue weighted by Gasteiger charge is -2.14.